The summed E-state index contributed by atoms with van der Waals surface area (Å²) in [7, 11) is 1.76. The van der Waals surface area contributed by atoms with Crippen LogP contribution in [0.4, 0.5) is 0 Å². The lowest BCUT2D eigenvalue weighted by atomic mass is 9.83. The Balaban J connectivity index is 1.53. The first kappa shape index (κ1) is 24.2. The Morgan fingerprint density at radius 3 is 2.50 bits per heavy atom. The minimum absolute atomic E-state index is 0.0160. The molecule has 1 aliphatic heterocycles. The highest BCUT2D eigenvalue weighted by Crippen LogP contribution is 2.35. The van der Waals surface area contributed by atoms with E-state index in [0.29, 0.717) is 12.4 Å². The first-order valence-corrected chi connectivity index (χ1v) is 12.5. The SMILES string of the molecule is CN[C@@H](C)C(=O)NC(C(=O)N1CCC[C@H]1c1cccc(Oc2ccccc2)n1)C1CCCCC1. The summed E-state index contributed by atoms with van der Waals surface area (Å²) in [4.78, 5) is 33.3. The fourth-order valence-corrected chi connectivity index (χ4v) is 5.06. The summed E-state index contributed by atoms with van der Waals surface area (Å²) in [6.07, 6.45) is 7.13. The van der Waals surface area contributed by atoms with Crippen LogP contribution in [0.25, 0.3) is 0 Å². The van der Waals surface area contributed by atoms with Gasteiger partial charge < -0.3 is 20.3 Å². The van der Waals surface area contributed by atoms with E-state index in [1.54, 1.807) is 7.05 Å². The van der Waals surface area contributed by atoms with Gasteiger partial charge in [0.2, 0.25) is 17.7 Å². The first-order valence-electron chi connectivity index (χ1n) is 12.5. The predicted molar refractivity (Wildman–Crippen MR) is 131 cm³/mol. The number of carbonyl (C=O) groups is 2. The third-order valence-electron chi connectivity index (χ3n) is 7.10. The highest BCUT2D eigenvalue weighted by Gasteiger charge is 2.39. The number of likely N-dealkylation sites (N-methyl/N-ethyl adjacent to an activating group) is 1. The molecule has 2 aliphatic rings. The van der Waals surface area contributed by atoms with Crippen LogP contribution >= 0.6 is 0 Å². The maximum atomic E-state index is 13.9. The first-order chi connectivity index (χ1) is 16.6. The Morgan fingerprint density at radius 1 is 1.00 bits per heavy atom. The number of benzene rings is 1. The van der Waals surface area contributed by atoms with Crippen molar-refractivity contribution in [1.82, 2.24) is 20.5 Å². The molecule has 1 unspecified atom stereocenters. The average Bonchev–Trinajstić information content (AvgIpc) is 3.38. The topological polar surface area (TPSA) is 83.6 Å². The zero-order valence-electron chi connectivity index (χ0n) is 20.2. The fourth-order valence-electron chi connectivity index (χ4n) is 5.06. The molecule has 1 saturated carbocycles. The van der Waals surface area contributed by atoms with E-state index in [1.165, 1.54) is 6.42 Å². The molecular formula is C27H36N4O3. The van der Waals surface area contributed by atoms with Gasteiger partial charge in [0.25, 0.3) is 0 Å². The Morgan fingerprint density at radius 2 is 1.76 bits per heavy atom. The second kappa shape index (κ2) is 11.5. The molecule has 2 heterocycles. The van der Waals surface area contributed by atoms with E-state index in [-0.39, 0.29) is 29.8 Å². The van der Waals surface area contributed by atoms with Gasteiger partial charge >= 0.3 is 0 Å². The van der Waals surface area contributed by atoms with Crippen LogP contribution in [-0.4, -0.2) is 47.4 Å². The summed E-state index contributed by atoms with van der Waals surface area (Å²) in [5.41, 5.74) is 0.830. The van der Waals surface area contributed by atoms with Crippen LogP contribution in [0, 0.1) is 5.92 Å². The molecule has 1 aromatic heterocycles. The Bertz CT molecular complexity index is 961. The highest BCUT2D eigenvalue weighted by atomic mass is 16.5. The van der Waals surface area contributed by atoms with Crippen LogP contribution in [0.5, 0.6) is 11.6 Å². The maximum Gasteiger partial charge on any atom is 0.246 e. The summed E-state index contributed by atoms with van der Waals surface area (Å²) in [5.74, 6) is 1.31. The fraction of sp³-hybridized carbons (Fsp3) is 0.519. The van der Waals surface area contributed by atoms with E-state index < -0.39 is 6.04 Å². The number of nitrogens with zero attached hydrogens (tertiary/aromatic N) is 2. The number of pyridine rings is 1. The summed E-state index contributed by atoms with van der Waals surface area (Å²) in [5, 5.41) is 6.07. The minimum atomic E-state index is -0.493. The highest BCUT2D eigenvalue weighted by molar-refractivity contribution is 5.90. The van der Waals surface area contributed by atoms with Crippen LogP contribution in [-0.2, 0) is 9.59 Å². The van der Waals surface area contributed by atoms with Crippen molar-refractivity contribution in [1.29, 1.82) is 0 Å². The van der Waals surface area contributed by atoms with Gasteiger partial charge in [0.15, 0.2) is 0 Å². The van der Waals surface area contributed by atoms with Crippen molar-refractivity contribution >= 4 is 11.8 Å². The van der Waals surface area contributed by atoms with Gasteiger partial charge in [-0.3, -0.25) is 9.59 Å². The maximum absolute atomic E-state index is 13.9. The average molecular weight is 465 g/mol. The van der Waals surface area contributed by atoms with Gasteiger partial charge in [-0.05, 0) is 63.8 Å². The number of nitrogens with one attached hydrogen (secondary N) is 2. The van der Waals surface area contributed by atoms with Gasteiger partial charge in [-0.2, -0.15) is 0 Å². The third kappa shape index (κ3) is 5.76. The number of likely N-dealkylation sites (tertiary alicyclic amines) is 1. The van der Waals surface area contributed by atoms with Crippen molar-refractivity contribution < 1.29 is 14.3 Å². The molecule has 0 radical (unpaired) electrons. The van der Waals surface area contributed by atoms with Gasteiger partial charge in [-0.15, -0.1) is 0 Å². The van der Waals surface area contributed by atoms with Gasteiger partial charge in [0.1, 0.15) is 11.8 Å². The van der Waals surface area contributed by atoms with E-state index in [9.17, 15) is 9.59 Å². The van der Waals surface area contributed by atoms with Crippen molar-refractivity contribution in [2.45, 2.75) is 70.0 Å². The van der Waals surface area contributed by atoms with Crippen LogP contribution in [0.2, 0.25) is 0 Å². The number of hydrogen-bond acceptors (Lipinski definition) is 5. The standard InChI is InChI=1S/C27H36N4O3/c1-19(28-2)26(32)30-25(20-11-5-3-6-12-20)27(33)31-18-10-16-23(31)22-15-9-17-24(29-22)34-21-13-7-4-8-14-21/h4,7-9,13-15,17,19-20,23,25,28H,3,5-6,10-12,16,18H2,1-2H3,(H,30,32)/t19-,23-,25?/m0/s1. The van der Waals surface area contributed by atoms with Crippen molar-refractivity contribution in [3.8, 4) is 11.6 Å². The molecule has 182 valence electrons. The Kier molecular flexibility index (Phi) is 8.16. The molecule has 7 heteroatoms. The molecule has 7 nitrogen and oxygen atoms in total. The zero-order chi connectivity index (χ0) is 23.9. The molecule has 1 aromatic carbocycles. The normalized spacial score (nSPS) is 20.5. The monoisotopic (exact) mass is 464 g/mol. The number of carbonyl (C=O) groups excluding carboxylic acids is 2. The second-order valence-corrected chi connectivity index (χ2v) is 9.40. The van der Waals surface area contributed by atoms with E-state index in [0.717, 1.165) is 50.0 Å². The number of ether oxygens (including phenoxy) is 1. The third-order valence-corrected chi connectivity index (χ3v) is 7.10. The molecule has 34 heavy (non-hydrogen) atoms. The molecule has 2 fully saturated rings. The van der Waals surface area contributed by atoms with E-state index in [2.05, 4.69) is 10.6 Å². The quantitative estimate of drug-likeness (QED) is 0.611. The lowest BCUT2D eigenvalue weighted by Crippen LogP contribution is -2.55. The smallest absolute Gasteiger partial charge is 0.246 e. The zero-order valence-corrected chi connectivity index (χ0v) is 20.2. The number of amides is 2. The van der Waals surface area contributed by atoms with E-state index >= 15 is 0 Å². The molecule has 2 aromatic rings. The van der Waals surface area contributed by atoms with Crippen LogP contribution in [0.15, 0.2) is 48.5 Å². The van der Waals surface area contributed by atoms with Gasteiger partial charge in [0.05, 0.1) is 17.8 Å². The number of para-hydroxylation sites is 1. The molecule has 4 rings (SSSR count). The molecular weight excluding hydrogens is 428 g/mol. The van der Waals surface area contributed by atoms with Crippen LogP contribution in [0.3, 0.4) is 0 Å². The molecule has 3 atom stereocenters. The molecule has 2 amide bonds. The number of aromatic nitrogens is 1. The van der Waals surface area contributed by atoms with Crippen molar-refractivity contribution in [2.75, 3.05) is 13.6 Å². The lowest BCUT2D eigenvalue weighted by molar-refractivity contribution is -0.139. The van der Waals surface area contributed by atoms with Crippen LogP contribution < -0.4 is 15.4 Å². The number of rotatable bonds is 8. The molecule has 0 bridgehead atoms. The lowest BCUT2D eigenvalue weighted by Gasteiger charge is -2.35. The summed E-state index contributed by atoms with van der Waals surface area (Å²) < 4.78 is 5.93. The number of hydrogen-bond donors (Lipinski definition) is 2. The molecule has 1 saturated heterocycles. The van der Waals surface area contributed by atoms with Gasteiger partial charge in [-0.1, -0.05) is 43.5 Å². The largest absolute Gasteiger partial charge is 0.439 e. The summed E-state index contributed by atoms with van der Waals surface area (Å²) >= 11 is 0. The Labute approximate surface area is 202 Å². The van der Waals surface area contributed by atoms with E-state index in [4.69, 9.17) is 9.72 Å². The minimum Gasteiger partial charge on any atom is -0.439 e. The Hall–Kier alpha value is -2.93. The molecule has 0 spiro atoms. The second-order valence-electron chi connectivity index (χ2n) is 9.40. The van der Waals surface area contributed by atoms with Crippen LogP contribution in [0.1, 0.15) is 63.6 Å². The van der Waals surface area contributed by atoms with Crippen molar-refractivity contribution in [2.24, 2.45) is 5.92 Å². The van der Waals surface area contributed by atoms with Crippen molar-refractivity contribution in [3.63, 3.8) is 0 Å². The predicted octanol–water partition coefficient (Wildman–Crippen LogP) is 4.21. The molecule has 2 N–H and O–H groups in total. The van der Waals surface area contributed by atoms with Gasteiger partial charge in [0, 0.05) is 12.6 Å². The van der Waals surface area contributed by atoms with E-state index in [1.807, 2.05) is 60.4 Å². The van der Waals surface area contributed by atoms with Gasteiger partial charge in [-0.25, -0.2) is 4.98 Å². The van der Waals surface area contributed by atoms with Crippen molar-refractivity contribution in [3.05, 3.63) is 54.2 Å². The summed E-state index contributed by atoms with van der Waals surface area (Å²) in [6.45, 7) is 2.49. The summed E-state index contributed by atoms with van der Waals surface area (Å²) in [6, 6.07) is 14.3. The molecule has 1 aliphatic carbocycles.